The maximum atomic E-state index is 13.4. The molecule has 9 heteroatoms. The lowest BCUT2D eigenvalue weighted by molar-refractivity contribution is -0.141. The van der Waals surface area contributed by atoms with Crippen molar-refractivity contribution in [3.63, 3.8) is 0 Å². The van der Waals surface area contributed by atoms with Crippen LogP contribution < -0.4 is 9.62 Å². The molecule has 0 spiro atoms. The Hall–Kier alpha value is -2.39. The standard InChI is InChI=1S/C27H38BrN3O4S/c1-19-11-8-14-24(20(19)2)31(36(7,34)35)16-10-15-25(32)30(18-22-12-9-13-23(28)17-22)21(3)26(33)29-27(4,5)6/h8-9,11-14,17,21H,10,15-16,18H2,1-7H3,(H,29,33)/t21-/m1/s1. The summed E-state index contributed by atoms with van der Waals surface area (Å²) in [5.74, 6) is -0.444. The normalized spacial score (nSPS) is 12.7. The molecular weight excluding hydrogens is 542 g/mol. The van der Waals surface area contributed by atoms with Crippen LogP contribution in [0.1, 0.15) is 57.2 Å². The molecule has 2 aromatic carbocycles. The first kappa shape index (κ1) is 29.8. The van der Waals surface area contributed by atoms with Gasteiger partial charge in [0.2, 0.25) is 21.8 Å². The summed E-state index contributed by atoms with van der Waals surface area (Å²) in [6, 6.07) is 12.5. The van der Waals surface area contributed by atoms with Gasteiger partial charge in [0.15, 0.2) is 0 Å². The number of carbonyl (C=O) groups excluding carboxylic acids is 2. The third-order valence-corrected chi connectivity index (χ3v) is 7.58. The molecular formula is C27H38BrN3O4S. The maximum Gasteiger partial charge on any atom is 0.242 e. The topological polar surface area (TPSA) is 86.8 Å². The van der Waals surface area contributed by atoms with Crippen LogP contribution in [0.25, 0.3) is 0 Å². The lowest BCUT2D eigenvalue weighted by atomic mass is 10.1. The van der Waals surface area contributed by atoms with E-state index >= 15 is 0 Å². The molecule has 0 aliphatic carbocycles. The molecule has 1 N–H and O–H groups in total. The van der Waals surface area contributed by atoms with Crippen molar-refractivity contribution in [2.24, 2.45) is 0 Å². The fourth-order valence-electron chi connectivity index (χ4n) is 3.88. The largest absolute Gasteiger partial charge is 0.350 e. The predicted octanol–water partition coefficient (Wildman–Crippen LogP) is 4.94. The molecule has 0 bridgehead atoms. The summed E-state index contributed by atoms with van der Waals surface area (Å²) in [5.41, 5.74) is 2.96. The van der Waals surface area contributed by atoms with Crippen molar-refractivity contribution in [2.75, 3.05) is 17.1 Å². The average Bonchev–Trinajstić information content (AvgIpc) is 2.75. The molecule has 0 unspecified atom stereocenters. The van der Waals surface area contributed by atoms with Gasteiger partial charge in [0, 0.05) is 29.5 Å². The Morgan fingerprint density at radius 2 is 1.72 bits per heavy atom. The first-order valence-corrected chi connectivity index (χ1v) is 14.6. The molecule has 0 radical (unpaired) electrons. The molecule has 2 amide bonds. The summed E-state index contributed by atoms with van der Waals surface area (Å²) in [6.45, 7) is 11.7. The van der Waals surface area contributed by atoms with E-state index in [1.54, 1.807) is 17.9 Å². The van der Waals surface area contributed by atoms with Crippen molar-refractivity contribution in [2.45, 2.75) is 72.5 Å². The van der Waals surface area contributed by atoms with E-state index in [0.717, 1.165) is 21.2 Å². The van der Waals surface area contributed by atoms with Gasteiger partial charge in [-0.1, -0.05) is 40.2 Å². The number of nitrogens with zero attached hydrogens (tertiary/aromatic N) is 2. The first-order chi connectivity index (χ1) is 16.6. The zero-order valence-corrected chi connectivity index (χ0v) is 24.7. The fraction of sp³-hybridized carbons (Fsp3) is 0.481. The second-order valence-corrected chi connectivity index (χ2v) is 13.0. The van der Waals surface area contributed by atoms with Crippen molar-refractivity contribution < 1.29 is 18.0 Å². The number of rotatable bonds is 10. The van der Waals surface area contributed by atoms with Gasteiger partial charge in [-0.3, -0.25) is 13.9 Å². The third-order valence-electron chi connectivity index (χ3n) is 5.90. The van der Waals surface area contributed by atoms with Gasteiger partial charge in [-0.2, -0.15) is 0 Å². The zero-order valence-electron chi connectivity index (χ0n) is 22.3. The zero-order chi connectivity index (χ0) is 27.3. The number of carbonyl (C=O) groups is 2. The van der Waals surface area contributed by atoms with Crippen molar-refractivity contribution in [1.29, 1.82) is 0 Å². The van der Waals surface area contributed by atoms with E-state index in [-0.39, 0.29) is 31.3 Å². The number of benzene rings is 2. The van der Waals surface area contributed by atoms with Crippen LogP contribution in [-0.2, 0) is 26.2 Å². The van der Waals surface area contributed by atoms with Crippen LogP contribution >= 0.6 is 15.9 Å². The van der Waals surface area contributed by atoms with E-state index in [1.165, 1.54) is 10.6 Å². The van der Waals surface area contributed by atoms with Crippen LogP contribution in [0.15, 0.2) is 46.9 Å². The molecule has 0 aliphatic rings. The highest BCUT2D eigenvalue weighted by Gasteiger charge is 2.29. The summed E-state index contributed by atoms with van der Waals surface area (Å²) in [7, 11) is -3.54. The van der Waals surface area contributed by atoms with Gasteiger partial charge in [0.1, 0.15) is 6.04 Å². The lowest BCUT2D eigenvalue weighted by Crippen LogP contribution is -2.52. The van der Waals surface area contributed by atoms with E-state index < -0.39 is 21.6 Å². The average molecular weight is 581 g/mol. The molecule has 2 aromatic rings. The van der Waals surface area contributed by atoms with Crippen LogP contribution in [0.3, 0.4) is 0 Å². The van der Waals surface area contributed by atoms with E-state index in [4.69, 9.17) is 0 Å². The monoisotopic (exact) mass is 579 g/mol. The number of halogens is 1. The maximum absolute atomic E-state index is 13.4. The van der Waals surface area contributed by atoms with Gasteiger partial charge in [0.05, 0.1) is 11.9 Å². The Labute approximate surface area is 224 Å². The molecule has 2 rings (SSSR count). The summed E-state index contributed by atoms with van der Waals surface area (Å²) in [6.07, 6.45) is 1.61. The van der Waals surface area contributed by atoms with E-state index in [2.05, 4.69) is 21.2 Å². The van der Waals surface area contributed by atoms with Crippen LogP contribution in [0.2, 0.25) is 0 Å². The molecule has 0 aliphatic heterocycles. The van der Waals surface area contributed by atoms with Crippen LogP contribution in [-0.4, -0.2) is 49.5 Å². The number of aryl methyl sites for hydroxylation is 1. The molecule has 1 atom stereocenters. The van der Waals surface area contributed by atoms with E-state index in [9.17, 15) is 18.0 Å². The van der Waals surface area contributed by atoms with E-state index in [0.29, 0.717) is 12.1 Å². The van der Waals surface area contributed by atoms with Crippen LogP contribution in [0.5, 0.6) is 0 Å². The lowest BCUT2D eigenvalue weighted by Gasteiger charge is -2.32. The highest BCUT2D eigenvalue weighted by atomic mass is 79.9. The number of anilines is 1. The molecule has 0 heterocycles. The highest BCUT2D eigenvalue weighted by molar-refractivity contribution is 9.10. The predicted molar refractivity (Wildman–Crippen MR) is 149 cm³/mol. The molecule has 36 heavy (non-hydrogen) atoms. The molecule has 0 aromatic heterocycles. The highest BCUT2D eigenvalue weighted by Crippen LogP contribution is 2.25. The Kier molecular flexibility index (Phi) is 10.1. The minimum absolute atomic E-state index is 0.109. The van der Waals surface area contributed by atoms with Gasteiger partial charge in [-0.25, -0.2) is 8.42 Å². The van der Waals surface area contributed by atoms with Gasteiger partial charge in [0.25, 0.3) is 0 Å². The van der Waals surface area contributed by atoms with Crippen molar-refractivity contribution in [3.05, 3.63) is 63.6 Å². The Balaban J connectivity index is 2.23. The number of hydrogen-bond donors (Lipinski definition) is 1. The van der Waals surface area contributed by atoms with Gasteiger partial charge in [-0.15, -0.1) is 0 Å². The smallest absolute Gasteiger partial charge is 0.242 e. The van der Waals surface area contributed by atoms with Crippen LogP contribution in [0.4, 0.5) is 5.69 Å². The number of amides is 2. The molecule has 0 saturated heterocycles. The SMILES string of the molecule is Cc1cccc(N(CCCC(=O)N(Cc2cccc(Br)c2)[C@H](C)C(=O)NC(C)(C)C)S(C)(=O)=O)c1C. The Morgan fingerprint density at radius 1 is 1.08 bits per heavy atom. The summed E-state index contributed by atoms with van der Waals surface area (Å²) < 4.78 is 27.4. The van der Waals surface area contributed by atoms with Crippen molar-refractivity contribution in [1.82, 2.24) is 10.2 Å². The molecule has 7 nitrogen and oxygen atoms in total. The minimum Gasteiger partial charge on any atom is -0.350 e. The Morgan fingerprint density at radius 3 is 2.31 bits per heavy atom. The minimum atomic E-state index is -3.54. The van der Waals surface area contributed by atoms with Gasteiger partial charge in [-0.05, 0) is 82.9 Å². The summed E-state index contributed by atoms with van der Waals surface area (Å²) >= 11 is 3.46. The molecule has 198 valence electrons. The second-order valence-electron chi connectivity index (χ2n) is 10.2. The number of sulfonamides is 1. The van der Waals surface area contributed by atoms with Gasteiger partial charge < -0.3 is 10.2 Å². The number of nitrogens with one attached hydrogen (secondary N) is 1. The fourth-order valence-corrected chi connectivity index (χ4v) is 5.34. The first-order valence-electron chi connectivity index (χ1n) is 12.0. The van der Waals surface area contributed by atoms with Crippen molar-refractivity contribution >= 4 is 43.5 Å². The quantitative estimate of drug-likeness (QED) is 0.431. The van der Waals surface area contributed by atoms with Crippen LogP contribution in [0, 0.1) is 13.8 Å². The second kappa shape index (κ2) is 12.2. The third kappa shape index (κ3) is 8.62. The Bertz CT molecular complexity index is 1190. The summed E-state index contributed by atoms with van der Waals surface area (Å²) in [5, 5.41) is 2.95. The number of hydrogen-bond acceptors (Lipinski definition) is 4. The van der Waals surface area contributed by atoms with Crippen molar-refractivity contribution in [3.8, 4) is 0 Å². The summed E-state index contributed by atoms with van der Waals surface area (Å²) in [4.78, 5) is 27.9. The molecule has 0 saturated carbocycles. The van der Waals surface area contributed by atoms with E-state index in [1.807, 2.05) is 71.0 Å². The molecule has 0 fully saturated rings. The van der Waals surface area contributed by atoms with Gasteiger partial charge >= 0.3 is 0 Å².